The first-order chi connectivity index (χ1) is 14.2. The van der Waals surface area contributed by atoms with E-state index in [-0.39, 0.29) is 6.04 Å². The number of anilines is 2. The summed E-state index contributed by atoms with van der Waals surface area (Å²) in [4.78, 5) is 6.91. The lowest BCUT2D eigenvalue weighted by Gasteiger charge is -2.30. The van der Waals surface area contributed by atoms with Gasteiger partial charge in [-0.15, -0.1) is 5.10 Å². The van der Waals surface area contributed by atoms with Crippen molar-refractivity contribution in [2.45, 2.75) is 25.9 Å². The summed E-state index contributed by atoms with van der Waals surface area (Å²) >= 11 is 0. The lowest BCUT2D eigenvalue weighted by Crippen LogP contribution is -2.31. The minimum atomic E-state index is 0.0899. The maximum Gasteiger partial charge on any atom is 0.245 e. The van der Waals surface area contributed by atoms with E-state index in [0.717, 1.165) is 36.8 Å². The van der Waals surface area contributed by atoms with Crippen LogP contribution in [0.5, 0.6) is 11.5 Å². The van der Waals surface area contributed by atoms with Crippen LogP contribution in [-0.2, 0) is 13.0 Å². The molecule has 0 aliphatic carbocycles. The molecule has 150 valence electrons. The zero-order valence-electron chi connectivity index (χ0n) is 16.9. The van der Waals surface area contributed by atoms with Gasteiger partial charge >= 0.3 is 0 Å². The molecule has 2 heterocycles. The number of nitrogens with one attached hydrogen (secondary N) is 1. The highest BCUT2D eigenvalue weighted by molar-refractivity contribution is 5.52. The van der Waals surface area contributed by atoms with E-state index in [2.05, 4.69) is 45.5 Å². The summed E-state index contributed by atoms with van der Waals surface area (Å²) in [5.41, 5.74) is 3.66. The van der Waals surface area contributed by atoms with Gasteiger partial charge in [0.2, 0.25) is 5.95 Å². The molecule has 1 aromatic heterocycles. The SMILES string of the molecule is COc1cc2c(cc1OC)CN(c1cnnc(NC(C)c3ccccc3)n1)CC2. The highest BCUT2D eigenvalue weighted by Gasteiger charge is 2.21. The molecule has 3 aromatic rings. The fourth-order valence-electron chi connectivity index (χ4n) is 3.61. The number of methoxy groups -OCH3 is 2. The molecule has 0 spiro atoms. The van der Waals surface area contributed by atoms with Crippen LogP contribution < -0.4 is 19.7 Å². The average molecular weight is 391 g/mol. The minimum absolute atomic E-state index is 0.0899. The second-order valence-corrected chi connectivity index (χ2v) is 7.06. The first-order valence-corrected chi connectivity index (χ1v) is 9.68. The van der Waals surface area contributed by atoms with Gasteiger partial charge in [0, 0.05) is 13.1 Å². The van der Waals surface area contributed by atoms with E-state index in [0.29, 0.717) is 5.95 Å². The normalized spacial score (nSPS) is 14.1. The number of rotatable bonds is 6. The van der Waals surface area contributed by atoms with Crippen molar-refractivity contribution >= 4 is 11.8 Å². The third-order valence-electron chi connectivity index (χ3n) is 5.23. The molecule has 1 aliphatic heterocycles. The smallest absolute Gasteiger partial charge is 0.245 e. The van der Waals surface area contributed by atoms with Gasteiger partial charge in [-0.2, -0.15) is 10.1 Å². The van der Waals surface area contributed by atoms with E-state index >= 15 is 0 Å². The third kappa shape index (κ3) is 4.08. The fraction of sp³-hybridized carbons (Fsp3) is 0.318. The van der Waals surface area contributed by atoms with E-state index in [1.807, 2.05) is 24.3 Å². The Morgan fingerprint density at radius 2 is 1.76 bits per heavy atom. The lowest BCUT2D eigenvalue weighted by molar-refractivity contribution is 0.353. The van der Waals surface area contributed by atoms with Crippen molar-refractivity contribution in [3.8, 4) is 11.5 Å². The fourth-order valence-corrected chi connectivity index (χ4v) is 3.61. The van der Waals surface area contributed by atoms with Crippen molar-refractivity contribution in [3.05, 3.63) is 65.4 Å². The molecule has 7 heteroatoms. The van der Waals surface area contributed by atoms with E-state index in [1.165, 1.54) is 16.7 Å². The van der Waals surface area contributed by atoms with Crippen LogP contribution in [0, 0.1) is 0 Å². The standard InChI is InChI=1S/C22H25N5O2/c1-15(16-7-5-4-6-8-16)24-22-25-21(13-23-26-22)27-10-9-17-11-19(28-2)20(29-3)12-18(17)14-27/h4-8,11-13,15H,9-10,14H2,1-3H3,(H,24,25,26). The summed E-state index contributed by atoms with van der Waals surface area (Å²) in [5, 5.41) is 11.7. The van der Waals surface area contributed by atoms with Crippen LogP contribution in [0.4, 0.5) is 11.8 Å². The van der Waals surface area contributed by atoms with E-state index in [1.54, 1.807) is 20.4 Å². The molecular weight excluding hydrogens is 366 g/mol. The van der Waals surface area contributed by atoms with E-state index in [9.17, 15) is 0 Å². The van der Waals surface area contributed by atoms with Crippen molar-refractivity contribution < 1.29 is 9.47 Å². The quantitative estimate of drug-likeness (QED) is 0.688. The molecule has 4 rings (SSSR count). The average Bonchev–Trinajstić information content (AvgIpc) is 2.78. The largest absolute Gasteiger partial charge is 0.493 e. The molecule has 1 atom stereocenters. The van der Waals surface area contributed by atoms with Crippen LogP contribution >= 0.6 is 0 Å². The number of benzene rings is 2. The number of nitrogens with zero attached hydrogens (tertiary/aromatic N) is 4. The summed E-state index contributed by atoms with van der Waals surface area (Å²) in [6, 6.07) is 14.4. The monoisotopic (exact) mass is 391 g/mol. The Balaban J connectivity index is 1.52. The molecule has 0 bridgehead atoms. The van der Waals surface area contributed by atoms with E-state index < -0.39 is 0 Å². The van der Waals surface area contributed by atoms with Gasteiger partial charge < -0.3 is 19.7 Å². The molecule has 0 amide bonds. The molecule has 1 aliphatic rings. The van der Waals surface area contributed by atoms with Crippen molar-refractivity contribution in [1.29, 1.82) is 0 Å². The summed E-state index contributed by atoms with van der Waals surface area (Å²) < 4.78 is 10.9. The molecule has 0 fully saturated rings. The zero-order valence-corrected chi connectivity index (χ0v) is 16.9. The number of hydrogen-bond acceptors (Lipinski definition) is 7. The maximum atomic E-state index is 5.46. The summed E-state index contributed by atoms with van der Waals surface area (Å²) in [5.74, 6) is 2.85. The molecule has 2 aromatic carbocycles. The molecule has 0 saturated carbocycles. The number of hydrogen-bond donors (Lipinski definition) is 1. The van der Waals surface area contributed by atoms with Gasteiger partial charge in [-0.3, -0.25) is 0 Å². The Kier molecular flexibility index (Phi) is 5.46. The van der Waals surface area contributed by atoms with Gasteiger partial charge in [0.1, 0.15) is 0 Å². The molecule has 29 heavy (non-hydrogen) atoms. The van der Waals surface area contributed by atoms with Crippen LogP contribution in [-0.4, -0.2) is 35.9 Å². The van der Waals surface area contributed by atoms with Gasteiger partial charge in [-0.1, -0.05) is 30.3 Å². The Labute approximate surface area is 170 Å². The molecule has 0 radical (unpaired) electrons. The molecule has 1 N–H and O–H groups in total. The minimum Gasteiger partial charge on any atom is -0.493 e. The topological polar surface area (TPSA) is 72.4 Å². The number of ether oxygens (including phenoxy) is 2. The predicted molar refractivity (Wildman–Crippen MR) is 113 cm³/mol. The van der Waals surface area contributed by atoms with Crippen molar-refractivity contribution in [1.82, 2.24) is 15.2 Å². The second kappa shape index (κ2) is 8.34. The second-order valence-electron chi connectivity index (χ2n) is 7.06. The van der Waals surface area contributed by atoms with Gasteiger partial charge in [0.25, 0.3) is 0 Å². The Morgan fingerprint density at radius 3 is 2.48 bits per heavy atom. The van der Waals surface area contributed by atoms with Crippen LogP contribution in [0.25, 0.3) is 0 Å². The lowest BCUT2D eigenvalue weighted by atomic mass is 9.99. The van der Waals surface area contributed by atoms with Gasteiger partial charge in [-0.25, -0.2) is 0 Å². The summed E-state index contributed by atoms with van der Waals surface area (Å²) in [6.45, 7) is 3.68. The molecular formula is C22H25N5O2. The van der Waals surface area contributed by atoms with Crippen LogP contribution in [0.2, 0.25) is 0 Å². The predicted octanol–water partition coefficient (Wildman–Crippen LogP) is 3.62. The zero-order chi connectivity index (χ0) is 20.2. The van der Waals surface area contributed by atoms with Crippen LogP contribution in [0.3, 0.4) is 0 Å². The van der Waals surface area contributed by atoms with Gasteiger partial charge in [0.15, 0.2) is 17.3 Å². The highest BCUT2D eigenvalue weighted by atomic mass is 16.5. The molecule has 1 unspecified atom stereocenters. The number of aromatic nitrogens is 3. The highest BCUT2D eigenvalue weighted by Crippen LogP contribution is 2.34. The maximum absolute atomic E-state index is 5.46. The molecule has 0 saturated heterocycles. The first-order valence-electron chi connectivity index (χ1n) is 9.68. The third-order valence-corrected chi connectivity index (χ3v) is 5.23. The summed E-state index contributed by atoms with van der Waals surface area (Å²) in [6.07, 6.45) is 2.62. The van der Waals surface area contributed by atoms with Crippen molar-refractivity contribution in [2.24, 2.45) is 0 Å². The Hall–Kier alpha value is -3.35. The first kappa shape index (κ1) is 19.0. The molecule has 7 nitrogen and oxygen atoms in total. The van der Waals surface area contributed by atoms with Gasteiger partial charge in [0.05, 0.1) is 26.5 Å². The van der Waals surface area contributed by atoms with E-state index in [4.69, 9.17) is 14.5 Å². The Morgan fingerprint density at radius 1 is 1.03 bits per heavy atom. The number of fused-ring (bicyclic) bond motifs is 1. The van der Waals surface area contributed by atoms with Crippen molar-refractivity contribution in [3.63, 3.8) is 0 Å². The Bertz CT molecular complexity index is 980. The van der Waals surface area contributed by atoms with Gasteiger partial charge in [-0.05, 0) is 42.2 Å². The summed E-state index contributed by atoms with van der Waals surface area (Å²) in [7, 11) is 3.32. The van der Waals surface area contributed by atoms with Crippen LogP contribution in [0.15, 0.2) is 48.7 Å². The van der Waals surface area contributed by atoms with Crippen LogP contribution in [0.1, 0.15) is 29.7 Å². The van der Waals surface area contributed by atoms with Crippen molar-refractivity contribution in [2.75, 3.05) is 31.0 Å².